The van der Waals surface area contributed by atoms with Gasteiger partial charge in [-0.1, -0.05) is 12.1 Å². The van der Waals surface area contributed by atoms with Crippen molar-refractivity contribution in [1.29, 1.82) is 0 Å². The summed E-state index contributed by atoms with van der Waals surface area (Å²) >= 11 is 0. The molecule has 2 aliphatic heterocycles. The number of aromatic nitrogens is 1. The molecule has 2 amide bonds. The Balaban J connectivity index is 1.29. The average molecular weight is 617 g/mol. The van der Waals surface area contributed by atoms with E-state index in [9.17, 15) is 19.7 Å². The molecule has 2 aliphatic rings. The van der Waals surface area contributed by atoms with E-state index in [0.29, 0.717) is 19.6 Å². The van der Waals surface area contributed by atoms with Crippen molar-refractivity contribution in [3.05, 3.63) is 80.8 Å². The number of pyridine rings is 1. The number of hydrogen-bond acceptors (Lipinski definition) is 7. The van der Waals surface area contributed by atoms with Crippen molar-refractivity contribution in [2.75, 3.05) is 52.1 Å². The minimum absolute atomic E-state index is 0.0177. The highest BCUT2D eigenvalue weighted by Crippen LogP contribution is 2.34. The lowest BCUT2D eigenvalue weighted by molar-refractivity contribution is -0.385. The van der Waals surface area contributed by atoms with E-state index in [1.165, 1.54) is 19.1 Å². The minimum atomic E-state index is -0.536. The lowest BCUT2D eigenvalue weighted by Gasteiger charge is -2.35. The van der Waals surface area contributed by atoms with Gasteiger partial charge in [0.05, 0.1) is 23.0 Å². The number of amides is 2. The second-order valence-corrected chi connectivity index (χ2v) is 12.4. The number of nitrogens with zero attached hydrogens (tertiary/aromatic N) is 5. The van der Waals surface area contributed by atoms with Crippen LogP contribution in [0.4, 0.5) is 15.8 Å². The van der Waals surface area contributed by atoms with Gasteiger partial charge in [0.15, 0.2) is 0 Å². The number of nitrogens with one attached hydrogen (secondary N) is 1. The zero-order chi connectivity index (χ0) is 32.4. The Bertz CT molecular complexity index is 1660. The standard InChI is InChI=1S/C34H41FN6O4/c1-21-16-27(41(44)45)19-28(33(21)35)23(3)37-31-17-22(2)36-30-7-6-26(18-29(30)31)24-10-14-40(15-11-24)34(43)25-8-12-39(13-9-25)20-32(42)38(4)5/h6-7,10,16-19,23,25H,8-9,11-15,20H2,1-5H3,(H,36,37)/t23-/m1/s1. The topological polar surface area (TPSA) is 112 Å². The van der Waals surface area contributed by atoms with E-state index < -0.39 is 16.8 Å². The van der Waals surface area contributed by atoms with Gasteiger partial charge in [-0.3, -0.25) is 29.6 Å². The van der Waals surface area contributed by atoms with Gasteiger partial charge in [-0.25, -0.2) is 4.39 Å². The van der Waals surface area contributed by atoms with E-state index >= 15 is 4.39 Å². The molecule has 11 heteroatoms. The molecular formula is C34H41FN6O4. The Labute approximate surface area is 263 Å². The van der Waals surface area contributed by atoms with Crippen LogP contribution >= 0.6 is 0 Å². The quantitative estimate of drug-likeness (QED) is 0.263. The number of piperidine rings is 1. The van der Waals surface area contributed by atoms with Crippen LogP contribution in [0.2, 0.25) is 0 Å². The van der Waals surface area contributed by atoms with Gasteiger partial charge in [0.25, 0.3) is 5.69 Å². The smallest absolute Gasteiger partial charge is 0.270 e. The maximum atomic E-state index is 15.1. The van der Waals surface area contributed by atoms with Crippen LogP contribution < -0.4 is 5.32 Å². The Kier molecular flexibility index (Phi) is 9.48. The predicted molar refractivity (Wildman–Crippen MR) is 173 cm³/mol. The van der Waals surface area contributed by atoms with E-state index in [1.54, 1.807) is 25.9 Å². The molecular weight excluding hydrogens is 575 g/mol. The van der Waals surface area contributed by atoms with Gasteiger partial charge >= 0.3 is 0 Å². The Hall–Kier alpha value is -4.38. The van der Waals surface area contributed by atoms with E-state index in [4.69, 9.17) is 0 Å². The maximum Gasteiger partial charge on any atom is 0.270 e. The average Bonchev–Trinajstić information content (AvgIpc) is 3.02. The SMILES string of the molecule is Cc1cc(N[C@H](C)c2cc([N+](=O)[O-])cc(C)c2F)c2cc(C3=CCN(C(=O)C4CCN(CC(=O)N(C)C)CC4)CC3)ccc2n1. The summed E-state index contributed by atoms with van der Waals surface area (Å²) in [6.45, 7) is 8.29. The highest BCUT2D eigenvalue weighted by Gasteiger charge is 2.30. The fourth-order valence-electron chi connectivity index (χ4n) is 6.25. The van der Waals surface area contributed by atoms with Crippen LogP contribution in [-0.2, 0) is 9.59 Å². The van der Waals surface area contributed by atoms with Gasteiger partial charge in [-0.15, -0.1) is 0 Å². The summed E-state index contributed by atoms with van der Waals surface area (Å²) in [5.41, 5.74) is 4.84. The number of aryl methyl sites for hydroxylation is 2. The molecule has 1 aromatic heterocycles. The lowest BCUT2D eigenvalue weighted by atomic mass is 9.93. The van der Waals surface area contributed by atoms with Crippen molar-refractivity contribution >= 4 is 39.7 Å². The molecule has 1 atom stereocenters. The minimum Gasteiger partial charge on any atom is -0.378 e. The first-order valence-corrected chi connectivity index (χ1v) is 15.4. The second kappa shape index (κ2) is 13.3. The largest absolute Gasteiger partial charge is 0.378 e. The Morgan fingerprint density at radius 2 is 1.87 bits per heavy atom. The molecule has 3 aromatic rings. The molecule has 0 aliphatic carbocycles. The van der Waals surface area contributed by atoms with Gasteiger partial charge in [-0.2, -0.15) is 0 Å². The van der Waals surface area contributed by atoms with Crippen LogP contribution in [0.3, 0.4) is 0 Å². The van der Waals surface area contributed by atoms with E-state index in [0.717, 1.165) is 65.8 Å². The maximum absolute atomic E-state index is 15.1. The van der Waals surface area contributed by atoms with E-state index in [-0.39, 0.29) is 34.5 Å². The summed E-state index contributed by atoms with van der Waals surface area (Å²) in [7, 11) is 3.52. The van der Waals surface area contributed by atoms with Gasteiger partial charge in [0.1, 0.15) is 5.82 Å². The Morgan fingerprint density at radius 3 is 2.51 bits per heavy atom. The highest BCUT2D eigenvalue weighted by atomic mass is 19.1. The molecule has 2 aromatic carbocycles. The van der Waals surface area contributed by atoms with E-state index in [2.05, 4.69) is 27.3 Å². The molecule has 238 valence electrons. The van der Waals surface area contributed by atoms with Crippen LogP contribution in [0.25, 0.3) is 16.5 Å². The van der Waals surface area contributed by atoms with Crippen molar-refractivity contribution in [2.45, 2.75) is 46.1 Å². The molecule has 1 fully saturated rings. The zero-order valence-corrected chi connectivity index (χ0v) is 26.6. The summed E-state index contributed by atoms with van der Waals surface area (Å²) in [4.78, 5) is 46.6. The summed E-state index contributed by atoms with van der Waals surface area (Å²) in [6, 6.07) is 9.99. The molecule has 0 radical (unpaired) electrons. The lowest BCUT2D eigenvalue weighted by Crippen LogP contribution is -2.46. The number of likely N-dealkylation sites (tertiary alicyclic amines) is 1. The normalized spacial score (nSPS) is 16.8. The molecule has 3 heterocycles. The molecule has 45 heavy (non-hydrogen) atoms. The monoisotopic (exact) mass is 616 g/mol. The van der Waals surface area contributed by atoms with E-state index in [1.807, 2.05) is 30.0 Å². The third-order valence-electron chi connectivity index (χ3n) is 8.94. The van der Waals surface area contributed by atoms with Gasteiger partial charge < -0.3 is 15.1 Å². The number of non-ortho nitro benzene ring substituents is 1. The van der Waals surface area contributed by atoms with Crippen LogP contribution in [0.1, 0.15) is 54.6 Å². The molecule has 0 unspecified atom stereocenters. The van der Waals surface area contributed by atoms with Gasteiger partial charge in [0, 0.05) is 67.6 Å². The van der Waals surface area contributed by atoms with Crippen LogP contribution in [0, 0.1) is 35.7 Å². The third-order valence-corrected chi connectivity index (χ3v) is 8.94. The van der Waals surface area contributed by atoms with Gasteiger partial charge in [0.2, 0.25) is 11.8 Å². The van der Waals surface area contributed by atoms with Crippen LogP contribution in [-0.4, -0.2) is 83.2 Å². The molecule has 0 bridgehead atoms. The summed E-state index contributed by atoms with van der Waals surface area (Å²) < 4.78 is 15.1. The first kappa shape index (κ1) is 32.0. The van der Waals surface area contributed by atoms with Crippen molar-refractivity contribution in [2.24, 2.45) is 5.92 Å². The fraction of sp³-hybridized carbons (Fsp3) is 0.441. The molecule has 1 N–H and O–H groups in total. The van der Waals surface area contributed by atoms with Crippen molar-refractivity contribution in [1.82, 2.24) is 19.7 Å². The number of carbonyl (C=O) groups is 2. The van der Waals surface area contributed by atoms with Crippen molar-refractivity contribution in [3.8, 4) is 0 Å². The number of carbonyl (C=O) groups excluding carboxylic acids is 2. The summed E-state index contributed by atoms with van der Waals surface area (Å²) in [5.74, 6) is -0.216. The second-order valence-electron chi connectivity index (χ2n) is 12.4. The van der Waals surface area contributed by atoms with Crippen LogP contribution in [0.15, 0.2) is 42.5 Å². The first-order valence-electron chi connectivity index (χ1n) is 15.4. The number of hydrogen-bond donors (Lipinski definition) is 1. The number of anilines is 1. The predicted octanol–water partition coefficient (Wildman–Crippen LogP) is 5.49. The Morgan fingerprint density at radius 1 is 1.13 bits per heavy atom. The van der Waals surface area contributed by atoms with Crippen LogP contribution in [0.5, 0.6) is 0 Å². The number of nitro benzene ring substituents is 1. The van der Waals surface area contributed by atoms with Crippen molar-refractivity contribution in [3.63, 3.8) is 0 Å². The number of fused-ring (bicyclic) bond motifs is 1. The first-order chi connectivity index (χ1) is 21.4. The fourth-order valence-corrected chi connectivity index (χ4v) is 6.25. The number of nitro groups is 1. The summed E-state index contributed by atoms with van der Waals surface area (Å²) in [5, 5.41) is 15.7. The third kappa shape index (κ3) is 7.14. The van der Waals surface area contributed by atoms with Crippen molar-refractivity contribution < 1.29 is 18.9 Å². The molecule has 0 saturated carbocycles. The number of rotatable bonds is 8. The molecule has 5 rings (SSSR count). The zero-order valence-electron chi connectivity index (χ0n) is 26.6. The van der Waals surface area contributed by atoms with Gasteiger partial charge in [-0.05, 0) is 88.0 Å². The molecule has 1 saturated heterocycles. The number of halogens is 1. The highest BCUT2D eigenvalue weighted by molar-refractivity contribution is 5.94. The molecule has 10 nitrogen and oxygen atoms in total. The summed E-state index contributed by atoms with van der Waals surface area (Å²) in [6.07, 6.45) is 4.37. The number of likely N-dealkylation sites (N-methyl/N-ethyl adjacent to an activating group) is 1. The molecule has 0 spiro atoms. The number of benzene rings is 2.